The number of ether oxygens (including phenoxy) is 3. The first-order valence-corrected chi connectivity index (χ1v) is 9.28. The normalized spacial score (nSPS) is 11.7. The van der Waals surface area contributed by atoms with E-state index in [1.807, 2.05) is 24.3 Å². The summed E-state index contributed by atoms with van der Waals surface area (Å²) in [6.45, 7) is -0.274. The highest BCUT2D eigenvalue weighted by atomic mass is 19.4. The van der Waals surface area contributed by atoms with Crippen LogP contribution in [0, 0.1) is 0 Å². The highest BCUT2D eigenvalue weighted by molar-refractivity contribution is 5.79. The molecule has 9 heteroatoms. The maximum Gasteiger partial charge on any atom is 0.422 e. The van der Waals surface area contributed by atoms with Crippen LogP contribution in [0.3, 0.4) is 0 Å². The third kappa shape index (κ3) is 7.73. The Bertz CT molecular complexity index is 824. The van der Waals surface area contributed by atoms with Crippen molar-refractivity contribution in [3.05, 3.63) is 53.6 Å². The van der Waals surface area contributed by atoms with Crippen molar-refractivity contribution >= 4 is 5.96 Å². The number of nitrogens with one attached hydrogen (secondary N) is 2. The van der Waals surface area contributed by atoms with Gasteiger partial charge in [0, 0.05) is 20.1 Å². The van der Waals surface area contributed by atoms with E-state index in [0.29, 0.717) is 19.0 Å². The fourth-order valence-electron chi connectivity index (χ4n) is 2.62. The van der Waals surface area contributed by atoms with Gasteiger partial charge in [-0.1, -0.05) is 18.2 Å². The maximum absolute atomic E-state index is 12.3. The first-order valence-electron chi connectivity index (χ1n) is 9.28. The number of hydrogen-bond donors (Lipinski definition) is 2. The predicted octanol–water partition coefficient (Wildman–Crippen LogP) is 3.55. The third-order valence-electron chi connectivity index (χ3n) is 4.17. The zero-order chi connectivity index (χ0) is 22.0. The summed E-state index contributed by atoms with van der Waals surface area (Å²) < 4.78 is 52.1. The van der Waals surface area contributed by atoms with E-state index in [4.69, 9.17) is 14.2 Å². The molecule has 2 rings (SSSR count). The molecule has 164 valence electrons. The summed E-state index contributed by atoms with van der Waals surface area (Å²) >= 11 is 0. The molecular formula is C21H26F3N3O3. The van der Waals surface area contributed by atoms with E-state index in [-0.39, 0.29) is 11.5 Å². The molecule has 2 aromatic carbocycles. The number of guanidine groups is 1. The monoisotopic (exact) mass is 425 g/mol. The van der Waals surface area contributed by atoms with Gasteiger partial charge in [0.1, 0.15) is 5.75 Å². The van der Waals surface area contributed by atoms with Gasteiger partial charge in [-0.2, -0.15) is 13.2 Å². The minimum absolute atomic E-state index is 0.0422. The lowest BCUT2D eigenvalue weighted by molar-refractivity contribution is -0.153. The van der Waals surface area contributed by atoms with Crippen LogP contribution in [0.4, 0.5) is 13.2 Å². The van der Waals surface area contributed by atoms with Crippen molar-refractivity contribution < 1.29 is 27.4 Å². The number of alkyl halides is 3. The number of halogens is 3. The Morgan fingerprint density at radius 1 is 0.933 bits per heavy atom. The maximum atomic E-state index is 12.3. The fourth-order valence-corrected chi connectivity index (χ4v) is 2.62. The molecule has 0 aliphatic heterocycles. The van der Waals surface area contributed by atoms with Gasteiger partial charge in [0.25, 0.3) is 0 Å². The zero-order valence-electron chi connectivity index (χ0n) is 17.2. The standard InChI is InChI=1S/C21H26F3N3O3/c1-25-20(26-11-10-15-4-7-17(28-2)8-5-15)27-13-16-6-9-18(19(12-16)29-3)30-14-21(22,23)24/h4-9,12H,10-11,13-14H2,1-3H3,(H2,25,26,27). The summed E-state index contributed by atoms with van der Waals surface area (Å²) in [6.07, 6.45) is -3.60. The average molecular weight is 425 g/mol. The number of nitrogens with zero attached hydrogens (tertiary/aromatic N) is 1. The summed E-state index contributed by atoms with van der Waals surface area (Å²) in [6, 6.07) is 12.6. The van der Waals surface area contributed by atoms with Gasteiger partial charge in [-0.3, -0.25) is 4.99 Å². The summed E-state index contributed by atoms with van der Waals surface area (Å²) in [5, 5.41) is 6.38. The molecule has 30 heavy (non-hydrogen) atoms. The van der Waals surface area contributed by atoms with Crippen LogP contribution in [0.2, 0.25) is 0 Å². The molecule has 0 fully saturated rings. The Labute approximate surface area is 174 Å². The fraction of sp³-hybridized carbons (Fsp3) is 0.381. The van der Waals surface area contributed by atoms with E-state index in [9.17, 15) is 13.2 Å². The van der Waals surface area contributed by atoms with E-state index < -0.39 is 12.8 Å². The van der Waals surface area contributed by atoms with Gasteiger partial charge in [0.15, 0.2) is 24.1 Å². The molecule has 0 saturated carbocycles. The molecule has 0 bridgehead atoms. The summed E-state index contributed by atoms with van der Waals surface area (Å²) in [5.74, 6) is 1.70. The van der Waals surface area contributed by atoms with Gasteiger partial charge in [0.2, 0.25) is 0 Å². The molecule has 0 aromatic heterocycles. The van der Waals surface area contributed by atoms with E-state index in [0.717, 1.165) is 23.3 Å². The van der Waals surface area contributed by atoms with Crippen LogP contribution in [0.15, 0.2) is 47.5 Å². The molecule has 0 saturated heterocycles. The minimum atomic E-state index is -4.41. The third-order valence-corrected chi connectivity index (χ3v) is 4.17. The van der Waals surface area contributed by atoms with Crippen LogP contribution in [0.25, 0.3) is 0 Å². The van der Waals surface area contributed by atoms with Crippen LogP contribution >= 0.6 is 0 Å². The number of benzene rings is 2. The van der Waals surface area contributed by atoms with Gasteiger partial charge in [-0.05, 0) is 41.8 Å². The number of aliphatic imine (C=N–C) groups is 1. The Morgan fingerprint density at radius 3 is 2.23 bits per heavy atom. The van der Waals surface area contributed by atoms with Crippen molar-refractivity contribution in [3.63, 3.8) is 0 Å². The Balaban J connectivity index is 1.84. The summed E-state index contributed by atoms with van der Waals surface area (Å²) in [7, 11) is 4.68. The van der Waals surface area contributed by atoms with Crippen molar-refractivity contribution in [3.8, 4) is 17.2 Å². The molecule has 0 unspecified atom stereocenters. The molecule has 0 aliphatic rings. The molecule has 0 spiro atoms. The number of methoxy groups -OCH3 is 2. The quantitative estimate of drug-likeness (QED) is 0.475. The molecule has 0 radical (unpaired) electrons. The molecule has 0 aliphatic carbocycles. The predicted molar refractivity (Wildman–Crippen MR) is 109 cm³/mol. The average Bonchev–Trinajstić information content (AvgIpc) is 2.74. The van der Waals surface area contributed by atoms with Gasteiger partial charge >= 0.3 is 6.18 Å². The molecular weight excluding hydrogens is 399 g/mol. The largest absolute Gasteiger partial charge is 0.497 e. The molecule has 0 heterocycles. The minimum Gasteiger partial charge on any atom is -0.497 e. The van der Waals surface area contributed by atoms with Gasteiger partial charge in [0.05, 0.1) is 14.2 Å². The lowest BCUT2D eigenvalue weighted by Crippen LogP contribution is -2.37. The Hall–Kier alpha value is -3.10. The molecule has 6 nitrogen and oxygen atoms in total. The number of rotatable bonds is 9. The van der Waals surface area contributed by atoms with Crippen LogP contribution in [0.1, 0.15) is 11.1 Å². The first kappa shape index (κ1) is 23.2. The molecule has 2 aromatic rings. The Kier molecular flexibility index (Phi) is 8.64. The summed E-state index contributed by atoms with van der Waals surface area (Å²) in [5.41, 5.74) is 1.97. The lowest BCUT2D eigenvalue weighted by atomic mass is 10.1. The number of hydrogen-bond acceptors (Lipinski definition) is 4. The van der Waals surface area contributed by atoms with Crippen LogP contribution < -0.4 is 24.8 Å². The second-order valence-electron chi connectivity index (χ2n) is 6.34. The van der Waals surface area contributed by atoms with E-state index in [2.05, 4.69) is 15.6 Å². The van der Waals surface area contributed by atoms with Crippen LogP contribution in [0.5, 0.6) is 17.2 Å². The van der Waals surface area contributed by atoms with Gasteiger partial charge < -0.3 is 24.8 Å². The van der Waals surface area contributed by atoms with Crippen molar-refractivity contribution in [1.82, 2.24) is 10.6 Å². The molecule has 0 amide bonds. The van der Waals surface area contributed by atoms with Crippen molar-refractivity contribution in [2.24, 2.45) is 4.99 Å². The lowest BCUT2D eigenvalue weighted by Gasteiger charge is -2.15. The smallest absolute Gasteiger partial charge is 0.422 e. The summed E-state index contributed by atoms with van der Waals surface area (Å²) in [4.78, 5) is 4.17. The van der Waals surface area contributed by atoms with Crippen LogP contribution in [-0.2, 0) is 13.0 Å². The molecule has 0 atom stereocenters. The first-order chi connectivity index (χ1) is 14.3. The second-order valence-corrected chi connectivity index (χ2v) is 6.34. The molecule has 2 N–H and O–H groups in total. The van der Waals surface area contributed by atoms with E-state index >= 15 is 0 Å². The second kappa shape index (κ2) is 11.2. The van der Waals surface area contributed by atoms with Crippen molar-refractivity contribution in [2.45, 2.75) is 19.1 Å². The van der Waals surface area contributed by atoms with Crippen LogP contribution in [-0.4, -0.2) is 46.6 Å². The van der Waals surface area contributed by atoms with Crippen molar-refractivity contribution in [1.29, 1.82) is 0 Å². The highest BCUT2D eigenvalue weighted by Gasteiger charge is 2.29. The van der Waals surface area contributed by atoms with Crippen molar-refractivity contribution in [2.75, 3.05) is 34.4 Å². The zero-order valence-corrected chi connectivity index (χ0v) is 17.2. The van der Waals surface area contributed by atoms with E-state index in [1.165, 1.54) is 13.2 Å². The SMILES string of the molecule is CN=C(NCCc1ccc(OC)cc1)NCc1ccc(OCC(F)(F)F)c(OC)c1. The van der Waals surface area contributed by atoms with Gasteiger partial charge in [-0.25, -0.2) is 0 Å². The van der Waals surface area contributed by atoms with Gasteiger partial charge in [-0.15, -0.1) is 0 Å². The highest BCUT2D eigenvalue weighted by Crippen LogP contribution is 2.29. The Morgan fingerprint density at radius 2 is 1.63 bits per heavy atom. The van der Waals surface area contributed by atoms with E-state index in [1.54, 1.807) is 26.3 Å². The topological polar surface area (TPSA) is 64.1 Å².